The lowest BCUT2D eigenvalue weighted by Crippen LogP contribution is -2.36. The van der Waals surface area contributed by atoms with E-state index in [4.69, 9.17) is 10.6 Å². The zero-order valence-corrected chi connectivity index (χ0v) is 11.5. The third kappa shape index (κ3) is 3.67. The Labute approximate surface area is 107 Å². The topological polar surface area (TPSA) is 90.7 Å². The zero-order valence-electron chi connectivity index (χ0n) is 10.6. The number of ether oxygens (including phenoxy) is 1. The highest BCUT2D eigenvalue weighted by molar-refractivity contribution is 7.89. The van der Waals surface area contributed by atoms with E-state index in [-0.39, 0.29) is 11.5 Å². The van der Waals surface area contributed by atoms with Gasteiger partial charge in [0.05, 0.1) is 13.7 Å². The fourth-order valence-corrected chi connectivity index (χ4v) is 2.98. The van der Waals surface area contributed by atoms with E-state index < -0.39 is 16.1 Å². The molecule has 18 heavy (non-hydrogen) atoms. The molecule has 0 aliphatic rings. The largest absolute Gasteiger partial charge is 0.495 e. The van der Waals surface area contributed by atoms with Crippen molar-refractivity contribution in [3.63, 3.8) is 0 Å². The summed E-state index contributed by atoms with van der Waals surface area (Å²) in [5, 5.41) is 0. The molecule has 102 valence electrons. The Morgan fingerprint density at radius 2 is 2.11 bits per heavy atom. The third-order valence-corrected chi connectivity index (χ3v) is 3.92. The molecule has 7 heteroatoms. The van der Waals surface area contributed by atoms with Crippen molar-refractivity contribution in [1.29, 1.82) is 0 Å². The molecule has 0 fully saturated rings. The van der Waals surface area contributed by atoms with E-state index >= 15 is 0 Å². The first kappa shape index (κ1) is 14.9. The van der Waals surface area contributed by atoms with Crippen LogP contribution in [-0.4, -0.2) is 28.2 Å². The number of hydrogen-bond acceptors (Lipinski definition) is 5. The molecular weight excluding hydrogens is 256 g/mol. The van der Waals surface area contributed by atoms with Gasteiger partial charge in [0.25, 0.3) is 0 Å². The SMILES string of the molecule is COc1ccc(C)cc1S(=O)(=O)NC(C)CON. The average molecular weight is 274 g/mol. The maximum Gasteiger partial charge on any atom is 0.244 e. The van der Waals surface area contributed by atoms with Crippen molar-refractivity contribution in [1.82, 2.24) is 4.72 Å². The van der Waals surface area contributed by atoms with Gasteiger partial charge in [-0.3, -0.25) is 0 Å². The van der Waals surface area contributed by atoms with Crippen LogP contribution in [0.5, 0.6) is 5.75 Å². The first-order chi connectivity index (χ1) is 8.40. The molecule has 1 aromatic rings. The number of benzene rings is 1. The predicted octanol–water partition coefficient (Wildman–Crippen LogP) is 0.561. The Bertz CT molecular complexity index is 502. The van der Waals surface area contributed by atoms with Crippen molar-refractivity contribution >= 4 is 10.0 Å². The second-order valence-electron chi connectivity index (χ2n) is 4.01. The Balaban J connectivity index is 3.07. The smallest absolute Gasteiger partial charge is 0.244 e. The normalized spacial score (nSPS) is 13.3. The van der Waals surface area contributed by atoms with Crippen LogP contribution in [0.3, 0.4) is 0 Å². The summed E-state index contributed by atoms with van der Waals surface area (Å²) in [6.07, 6.45) is 0. The van der Waals surface area contributed by atoms with E-state index in [1.54, 1.807) is 25.1 Å². The van der Waals surface area contributed by atoms with Crippen LogP contribution in [0, 0.1) is 6.92 Å². The molecular formula is C11H18N2O4S. The molecule has 1 rings (SSSR count). The molecule has 3 N–H and O–H groups in total. The highest BCUT2D eigenvalue weighted by Gasteiger charge is 2.21. The van der Waals surface area contributed by atoms with Gasteiger partial charge in [-0.05, 0) is 31.5 Å². The summed E-state index contributed by atoms with van der Waals surface area (Å²) in [6, 6.07) is 4.53. The molecule has 0 bridgehead atoms. The summed E-state index contributed by atoms with van der Waals surface area (Å²) < 4.78 is 31.8. The highest BCUT2D eigenvalue weighted by Crippen LogP contribution is 2.24. The van der Waals surface area contributed by atoms with Gasteiger partial charge < -0.3 is 9.57 Å². The van der Waals surface area contributed by atoms with Gasteiger partial charge in [0.1, 0.15) is 10.6 Å². The Morgan fingerprint density at radius 3 is 2.67 bits per heavy atom. The van der Waals surface area contributed by atoms with Crippen LogP contribution in [0.4, 0.5) is 0 Å². The number of methoxy groups -OCH3 is 1. The molecule has 0 amide bonds. The van der Waals surface area contributed by atoms with Crippen molar-refractivity contribution < 1.29 is 18.0 Å². The standard InChI is InChI=1S/C11H18N2O4S/c1-8-4-5-10(16-3)11(6-8)18(14,15)13-9(2)7-17-12/h4-6,9,13H,7,12H2,1-3H3. The number of aryl methyl sites for hydroxylation is 1. The third-order valence-electron chi connectivity index (χ3n) is 2.31. The van der Waals surface area contributed by atoms with Gasteiger partial charge in [-0.15, -0.1) is 0 Å². The predicted molar refractivity (Wildman–Crippen MR) is 67.7 cm³/mol. The molecule has 0 radical (unpaired) electrons. The van der Waals surface area contributed by atoms with Crippen molar-refractivity contribution in [2.24, 2.45) is 5.90 Å². The number of hydrogen-bond donors (Lipinski definition) is 2. The highest BCUT2D eigenvalue weighted by atomic mass is 32.2. The van der Waals surface area contributed by atoms with Gasteiger partial charge in [-0.1, -0.05) is 6.07 Å². The number of nitrogens with two attached hydrogens (primary N) is 1. The number of sulfonamides is 1. The van der Waals surface area contributed by atoms with Crippen LogP contribution in [0.1, 0.15) is 12.5 Å². The van der Waals surface area contributed by atoms with E-state index in [0.29, 0.717) is 5.75 Å². The molecule has 1 unspecified atom stereocenters. The van der Waals surface area contributed by atoms with Crippen LogP contribution >= 0.6 is 0 Å². The quantitative estimate of drug-likeness (QED) is 0.740. The van der Waals surface area contributed by atoms with Crippen LogP contribution in [0.15, 0.2) is 23.1 Å². The fraction of sp³-hybridized carbons (Fsp3) is 0.455. The first-order valence-corrected chi connectivity index (χ1v) is 6.87. The van der Waals surface area contributed by atoms with Crippen LogP contribution in [-0.2, 0) is 14.9 Å². The fourth-order valence-electron chi connectivity index (χ4n) is 1.50. The summed E-state index contributed by atoms with van der Waals surface area (Å²) in [6.45, 7) is 3.56. The molecule has 0 heterocycles. The maximum atomic E-state index is 12.2. The van der Waals surface area contributed by atoms with E-state index in [2.05, 4.69) is 9.56 Å². The zero-order chi connectivity index (χ0) is 13.8. The van der Waals surface area contributed by atoms with Gasteiger partial charge >= 0.3 is 0 Å². The maximum absolute atomic E-state index is 12.2. The molecule has 1 aromatic carbocycles. The van der Waals surface area contributed by atoms with Crippen LogP contribution in [0.2, 0.25) is 0 Å². The van der Waals surface area contributed by atoms with Crippen molar-refractivity contribution in [3.05, 3.63) is 23.8 Å². The van der Waals surface area contributed by atoms with Gasteiger partial charge in [-0.2, -0.15) is 0 Å². The van der Waals surface area contributed by atoms with Crippen molar-refractivity contribution in [3.8, 4) is 5.75 Å². The minimum atomic E-state index is -3.66. The van der Waals surface area contributed by atoms with E-state index in [0.717, 1.165) is 5.56 Å². The Kier molecular flexibility index (Phi) is 5.09. The van der Waals surface area contributed by atoms with Crippen molar-refractivity contribution in [2.45, 2.75) is 24.8 Å². The van der Waals surface area contributed by atoms with Crippen molar-refractivity contribution in [2.75, 3.05) is 13.7 Å². The molecule has 0 aliphatic carbocycles. The summed E-state index contributed by atoms with van der Waals surface area (Å²) in [5.74, 6) is 5.21. The summed E-state index contributed by atoms with van der Waals surface area (Å²) >= 11 is 0. The summed E-state index contributed by atoms with van der Waals surface area (Å²) in [7, 11) is -2.23. The first-order valence-electron chi connectivity index (χ1n) is 5.39. The minimum Gasteiger partial charge on any atom is -0.495 e. The second kappa shape index (κ2) is 6.14. The number of nitrogens with one attached hydrogen (secondary N) is 1. The van der Waals surface area contributed by atoms with Gasteiger partial charge in [0.15, 0.2) is 0 Å². The molecule has 6 nitrogen and oxygen atoms in total. The van der Waals surface area contributed by atoms with Gasteiger partial charge in [-0.25, -0.2) is 19.0 Å². The van der Waals surface area contributed by atoms with E-state index in [1.165, 1.54) is 7.11 Å². The lowest BCUT2D eigenvalue weighted by molar-refractivity contribution is 0.124. The van der Waals surface area contributed by atoms with E-state index in [9.17, 15) is 8.42 Å². The molecule has 1 atom stereocenters. The lowest BCUT2D eigenvalue weighted by Gasteiger charge is -2.15. The van der Waals surface area contributed by atoms with E-state index in [1.807, 2.05) is 6.92 Å². The molecule has 0 aliphatic heterocycles. The molecule has 0 saturated heterocycles. The monoisotopic (exact) mass is 274 g/mol. The average Bonchev–Trinajstić information content (AvgIpc) is 2.28. The molecule has 0 saturated carbocycles. The number of rotatable bonds is 6. The summed E-state index contributed by atoms with van der Waals surface area (Å²) in [5.41, 5.74) is 0.832. The van der Waals surface area contributed by atoms with Gasteiger partial charge in [0, 0.05) is 6.04 Å². The second-order valence-corrected chi connectivity index (χ2v) is 5.69. The lowest BCUT2D eigenvalue weighted by atomic mass is 10.2. The Morgan fingerprint density at radius 1 is 1.44 bits per heavy atom. The molecule has 0 aromatic heterocycles. The van der Waals surface area contributed by atoms with Crippen LogP contribution < -0.4 is 15.4 Å². The van der Waals surface area contributed by atoms with Crippen LogP contribution in [0.25, 0.3) is 0 Å². The summed E-state index contributed by atoms with van der Waals surface area (Å²) in [4.78, 5) is 4.51. The van der Waals surface area contributed by atoms with Gasteiger partial charge in [0.2, 0.25) is 10.0 Å². The Hall–Kier alpha value is -1.15. The minimum absolute atomic E-state index is 0.0906. The molecule has 0 spiro atoms.